The van der Waals surface area contributed by atoms with Crippen LogP contribution in [0.25, 0.3) is 11.3 Å². The van der Waals surface area contributed by atoms with Crippen molar-refractivity contribution in [2.24, 2.45) is 11.3 Å². The number of aliphatic hydroxyl groups is 1. The molecular weight excluding hydrogens is 648 g/mol. The molecule has 3 aromatic rings. The fraction of sp³-hybridized carbons (Fsp3) is 0.462. The van der Waals surface area contributed by atoms with Crippen LogP contribution >= 0.6 is 0 Å². The van der Waals surface area contributed by atoms with Crippen molar-refractivity contribution in [3.05, 3.63) is 90.1 Å². The number of amides is 5. The molecule has 0 aliphatic carbocycles. The molecule has 6 N–H and O–H groups in total. The Balaban J connectivity index is 1.63. The van der Waals surface area contributed by atoms with Crippen LogP contribution in [0.2, 0.25) is 0 Å². The van der Waals surface area contributed by atoms with Crippen molar-refractivity contribution >= 4 is 23.9 Å². The van der Waals surface area contributed by atoms with Gasteiger partial charge in [0.1, 0.15) is 12.1 Å². The van der Waals surface area contributed by atoms with Gasteiger partial charge in [0.05, 0.1) is 17.8 Å². The van der Waals surface area contributed by atoms with E-state index in [2.05, 4.69) is 26.3 Å². The van der Waals surface area contributed by atoms with Gasteiger partial charge in [-0.05, 0) is 53.9 Å². The normalized spacial score (nSPS) is 16.6. The highest BCUT2D eigenvalue weighted by atomic mass is 16.4. The van der Waals surface area contributed by atoms with E-state index < -0.39 is 47.7 Å². The molecule has 1 aliphatic rings. The molecule has 1 saturated heterocycles. The number of nitrogens with zero attached hydrogens (tertiary/aromatic N) is 2. The van der Waals surface area contributed by atoms with Crippen LogP contribution in [0.5, 0.6) is 0 Å². The summed E-state index contributed by atoms with van der Waals surface area (Å²) in [5.41, 5.74) is 2.77. The summed E-state index contributed by atoms with van der Waals surface area (Å²) in [7, 11) is 0. The maximum Gasteiger partial charge on any atom is 0.405 e. The lowest BCUT2D eigenvalue weighted by atomic mass is 9.85. The number of pyridine rings is 1. The smallest absolute Gasteiger partial charge is 0.405 e. The molecule has 4 rings (SSSR count). The van der Waals surface area contributed by atoms with Gasteiger partial charge in [0, 0.05) is 30.9 Å². The Labute approximate surface area is 300 Å². The summed E-state index contributed by atoms with van der Waals surface area (Å²) in [6.07, 6.45) is 0.622. The lowest BCUT2D eigenvalue weighted by Crippen LogP contribution is -2.58. The van der Waals surface area contributed by atoms with Gasteiger partial charge < -0.3 is 36.4 Å². The minimum atomic E-state index is -1.32. The van der Waals surface area contributed by atoms with Crippen molar-refractivity contribution in [3.63, 3.8) is 0 Å². The summed E-state index contributed by atoms with van der Waals surface area (Å²) >= 11 is 0. The van der Waals surface area contributed by atoms with Gasteiger partial charge in [-0.1, -0.05) is 102 Å². The summed E-state index contributed by atoms with van der Waals surface area (Å²) in [4.78, 5) is 58.0. The van der Waals surface area contributed by atoms with E-state index >= 15 is 0 Å². The third-order valence-electron chi connectivity index (χ3n) is 9.43. The predicted molar refractivity (Wildman–Crippen MR) is 196 cm³/mol. The molecule has 274 valence electrons. The number of nitrogens with one attached hydrogen (secondary N) is 4. The van der Waals surface area contributed by atoms with Gasteiger partial charge in [0.15, 0.2) is 0 Å². The van der Waals surface area contributed by atoms with Crippen LogP contribution in [0.15, 0.2) is 79.0 Å². The van der Waals surface area contributed by atoms with Crippen LogP contribution < -0.4 is 21.3 Å². The van der Waals surface area contributed by atoms with Crippen molar-refractivity contribution in [2.75, 3.05) is 13.1 Å². The number of carbonyl (C=O) groups is 4. The number of hydrogen-bond donors (Lipinski definition) is 6. The third-order valence-corrected chi connectivity index (χ3v) is 9.43. The molecule has 2 heterocycles. The zero-order valence-electron chi connectivity index (χ0n) is 30.1. The first-order valence-corrected chi connectivity index (χ1v) is 17.6. The molecule has 0 unspecified atom stereocenters. The van der Waals surface area contributed by atoms with Crippen LogP contribution in [-0.4, -0.2) is 87.4 Å². The summed E-state index contributed by atoms with van der Waals surface area (Å²) < 4.78 is 0. The number of benzene rings is 2. The van der Waals surface area contributed by atoms with E-state index in [1.807, 2.05) is 86.6 Å². The summed E-state index contributed by atoms with van der Waals surface area (Å²) in [5.74, 6) is -1.02. The molecule has 1 aliphatic heterocycles. The second kappa shape index (κ2) is 17.8. The molecule has 0 bridgehead atoms. The number of carboxylic acid groups (broad SMARTS) is 1. The number of hydrogen-bond acceptors (Lipinski definition) is 6. The van der Waals surface area contributed by atoms with Gasteiger partial charge in [0.2, 0.25) is 11.8 Å². The van der Waals surface area contributed by atoms with Crippen molar-refractivity contribution < 1.29 is 29.4 Å². The largest absolute Gasteiger partial charge is 0.465 e. The molecule has 2 aromatic carbocycles. The standard InChI is InChI=1S/C39H52N6O6/c1-6-25(2)33(45-21-20-41-37(45)49)35(47)43-31(23-26-12-8-7-9-13-26)32(46)24-29(42-36(48)34(39(3,4)5)44-38(50)51)22-27-15-17-28(18-16-27)30-14-10-11-19-40-30/h7-19,25,29,31-34,44,46H,6,20-24H2,1-5H3,(H,41,49)(H,42,48)(H,43,47)(H,50,51)/t25-,29+,31-,32-,33-,34+/m0/s1. The Morgan fingerprint density at radius 1 is 0.902 bits per heavy atom. The van der Waals surface area contributed by atoms with Crippen molar-refractivity contribution in [2.45, 2.75) is 90.6 Å². The third kappa shape index (κ3) is 11.0. The van der Waals surface area contributed by atoms with Gasteiger partial charge in [0.25, 0.3) is 0 Å². The predicted octanol–water partition coefficient (Wildman–Crippen LogP) is 4.38. The van der Waals surface area contributed by atoms with Crippen molar-refractivity contribution in [1.82, 2.24) is 31.2 Å². The fourth-order valence-electron chi connectivity index (χ4n) is 6.46. The first kappa shape index (κ1) is 38.8. The molecule has 5 amide bonds. The van der Waals surface area contributed by atoms with E-state index in [0.29, 0.717) is 32.4 Å². The molecular formula is C39H52N6O6. The van der Waals surface area contributed by atoms with E-state index in [0.717, 1.165) is 22.4 Å². The minimum Gasteiger partial charge on any atom is -0.465 e. The number of urea groups is 1. The van der Waals surface area contributed by atoms with Gasteiger partial charge in [-0.25, -0.2) is 9.59 Å². The van der Waals surface area contributed by atoms with Crippen LogP contribution in [-0.2, 0) is 22.4 Å². The minimum absolute atomic E-state index is 0.0493. The molecule has 6 atom stereocenters. The van der Waals surface area contributed by atoms with Crippen LogP contribution in [0.3, 0.4) is 0 Å². The Bertz CT molecular complexity index is 1600. The Morgan fingerprint density at radius 2 is 1.57 bits per heavy atom. The number of aliphatic hydroxyl groups excluding tert-OH is 1. The zero-order valence-corrected chi connectivity index (χ0v) is 30.1. The van der Waals surface area contributed by atoms with Gasteiger partial charge in [-0.15, -0.1) is 0 Å². The highest BCUT2D eigenvalue weighted by Gasteiger charge is 2.39. The lowest BCUT2D eigenvalue weighted by Gasteiger charge is -2.35. The first-order valence-electron chi connectivity index (χ1n) is 17.6. The van der Waals surface area contributed by atoms with Crippen molar-refractivity contribution in [3.8, 4) is 11.3 Å². The maximum absolute atomic E-state index is 14.0. The lowest BCUT2D eigenvalue weighted by molar-refractivity contribution is -0.129. The van der Waals surface area contributed by atoms with Gasteiger partial charge >= 0.3 is 12.1 Å². The van der Waals surface area contributed by atoms with Crippen LogP contribution in [0.4, 0.5) is 9.59 Å². The Hall–Kier alpha value is -4.97. The molecule has 0 spiro atoms. The van der Waals surface area contributed by atoms with Crippen LogP contribution in [0.1, 0.15) is 58.6 Å². The first-order chi connectivity index (χ1) is 24.3. The van der Waals surface area contributed by atoms with E-state index in [1.165, 1.54) is 0 Å². The molecule has 51 heavy (non-hydrogen) atoms. The maximum atomic E-state index is 14.0. The highest BCUT2D eigenvalue weighted by molar-refractivity contribution is 5.88. The van der Waals surface area contributed by atoms with Gasteiger partial charge in [-0.3, -0.25) is 14.6 Å². The summed E-state index contributed by atoms with van der Waals surface area (Å²) in [6, 6.07) is 19.4. The molecule has 1 aromatic heterocycles. The second-order valence-corrected chi connectivity index (χ2v) is 14.4. The molecule has 12 nitrogen and oxygen atoms in total. The second-order valence-electron chi connectivity index (χ2n) is 14.4. The summed E-state index contributed by atoms with van der Waals surface area (Å²) in [6.45, 7) is 10.1. The molecule has 0 saturated carbocycles. The molecule has 0 radical (unpaired) electrons. The average molecular weight is 701 g/mol. The Kier molecular flexibility index (Phi) is 13.6. The highest BCUT2D eigenvalue weighted by Crippen LogP contribution is 2.23. The van der Waals surface area contributed by atoms with E-state index in [4.69, 9.17) is 0 Å². The number of rotatable bonds is 16. The van der Waals surface area contributed by atoms with Gasteiger partial charge in [-0.2, -0.15) is 0 Å². The summed E-state index contributed by atoms with van der Waals surface area (Å²) in [5, 5.41) is 32.7. The quantitative estimate of drug-likeness (QED) is 0.129. The van der Waals surface area contributed by atoms with Crippen molar-refractivity contribution in [1.29, 1.82) is 0 Å². The fourth-order valence-corrected chi connectivity index (χ4v) is 6.46. The zero-order chi connectivity index (χ0) is 37.1. The average Bonchev–Trinajstić information content (AvgIpc) is 3.52. The van der Waals surface area contributed by atoms with E-state index in [-0.39, 0.29) is 24.3 Å². The Morgan fingerprint density at radius 3 is 2.14 bits per heavy atom. The SMILES string of the molecule is CC[C@H](C)[C@@H](C(=O)N[C@@H](Cc1ccccc1)[C@@H](O)C[C@@H](Cc1ccc(-c2ccccn2)cc1)NC(=O)[C@@H](NC(=O)O)C(C)(C)C)N1CCNC1=O. The molecule has 12 heteroatoms. The molecule has 1 fully saturated rings. The number of aromatic nitrogens is 1. The monoisotopic (exact) mass is 700 g/mol. The van der Waals surface area contributed by atoms with Crippen LogP contribution in [0, 0.1) is 11.3 Å². The van der Waals surface area contributed by atoms with E-state index in [9.17, 15) is 29.4 Å². The topological polar surface area (TPSA) is 173 Å². The number of carbonyl (C=O) groups excluding carboxylic acids is 3. The van der Waals surface area contributed by atoms with E-state index in [1.54, 1.807) is 31.9 Å².